The lowest BCUT2D eigenvalue weighted by atomic mass is 10.2. The summed E-state index contributed by atoms with van der Waals surface area (Å²) in [6.07, 6.45) is 0. The molecule has 1 amide bonds. The van der Waals surface area contributed by atoms with Gasteiger partial charge in [-0.2, -0.15) is 0 Å². The number of nitrogens with zero attached hydrogens (tertiary/aromatic N) is 1. The Morgan fingerprint density at radius 2 is 2.25 bits per heavy atom. The number of hydrogen-bond acceptors (Lipinski definition) is 3. The van der Waals surface area contributed by atoms with E-state index in [1.807, 2.05) is 13.0 Å². The Bertz CT molecular complexity index is 352. The zero-order valence-corrected chi connectivity index (χ0v) is 9.64. The van der Waals surface area contributed by atoms with E-state index in [0.29, 0.717) is 13.2 Å². The molecule has 4 nitrogen and oxygen atoms in total. The Morgan fingerprint density at radius 3 is 2.88 bits per heavy atom. The van der Waals surface area contributed by atoms with Crippen LogP contribution in [-0.2, 0) is 16.1 Å². The Hall–Kier alpha value is -1.55. The summed E-state index contributed by atoms with van der Waals surface area (Å²) >= 11 is 0. The first-order chi connectivity index (χ1) is 7.63. The smallest absolute Gasteiger partial charge is 0.248 e. The van der Waals surface area contributed by atoms with Crippen LogP contribution in [0.15, 0.2) is 24.3 Å². The highest BCUT2D eigenvalue weighted by atomic mass is 16.5. The van der Waals surface area contributed by atoms with Crippen LogP contribution in [0.1, 0.15) is 12.5 Å². The number of carbonyl (C=O) groups excluding carboxylic acids is 1. The highest BCUT2D eigenvalue weighted by molar-refractivity contribution is 5.77. The Kier molecular flexibility index (Phi) is 4.79. The van der Waals surface area contributed by atoms with Crippen molar-refractivity contribution in [2.45, 2.75) is 13.5 Å². The molecule has 0 saturated heterocycles. The second-order valence-electron chi connectivity index (χ2n) is 3.56. The van der Waals surface area contributed by atoms with E-state index in [1.54, 1.807) is 30.1 Å². The van der Waals surface area contributed by atoms with Gasteiger partial charge in [-0.25, -0.2) is 0 Å². The highest BCUT2D eigenvalue weighted by Crippen LogP contribution is 2.12. The summed E-state index contributed by atoms with van der Waals surface area (Å²) in [5.41, 5.74) is 0.896. The summed E-state index contributed by atoms with van der Waals surface area (Å²) < 4.78 is 5.04. The summed E-state index contributed by atoms with van der Waals surface area (Å²) in [7, 11) is 1.71. The number of amides is 1. The maximum atomic E-state index is 11.5. The lowest BCUT2D eigenvalue weighted by Gasteiger charge is -2.17. The number of hydrogen-bond donors (Lipinski definition) is 1. The van der Waals surface area contributed by atoms with Crippen molar-refractivity contribution >= 4 is 5.91 Å². The van der Waals surface area contributed by atoms with Crippen molar-refractivity contribution in [1.29, 1.82) is 0 Å². The first kappa shape index (κ1) is 12.5. The number of phenols is 1. The van der Waals surface area contributed by atoms with E-state index >= 15 is 0 Å². The molecule has 0 fully saturated rings. The maximum absolute atomic E-state index is 11.5. The van der Waals surface area contributed by atoms with Gasteiger partial charge < -0.3 is 14.7 Å². The van der Waals surface area contributed by atoms with Crippen LogP contribution in [0.25, 0.3) is 0 Å². The molecular formula is C12H17NO3. The third kappa shape index (κ3) is 3.90. The molecule has 0 saturated carbocycles. The van der Waals surface area contributed by atoms with Crippen LogP contribution in [0.2, 0.25) is 0 Å². The van der Waals surface area contributed by atoms with Gasteiger partial charge in [0, 0.05) is 20.2 Å². The lowest BCUT2D eigenvalue weighted by Crippen LogP contribution is -2.29. The van der Waals surface area contributed by atoms with E-state index in [1.165, 1.54) is 0 Å². The van der Waals surface area contributed by atoms with E-state index in [-0.39, 0.29) is 18.3 Å². The van der Waals surface area contributed by atoms with E-state index < -0.39 is 0 Å². The van der Waals surface area contributed by atoms with Gasteiger partial charge in [0.15, 0.2) is 0 Å². The first-order valence-electron chi connectivity index (χ1n) is 5.23. The lowest BCUT2D eigenvalue weighted by molar-refractivity contribution is -0.135. The van der Waals surface area contributed by atoms with Crippen molar-refractivity contribution in [3.63, 3.8) is 0 Å². The molecule has 0 atom stereocenters. The molecule has 1 aromatic carbocycles. The van der Waals surface area contributed by atoms with E-state index in [0.717, 1.165) is 5.56 Å². The van der Waals surface area contributed by atoms with Crippen molar-refractivity contribution in [3.8, 4) is 5.75 Å². The standard InChI is InChI=1S/C12H17NO3/c1-3-16-9-12(15)13(2)8-10-5-4-6-11(14)7-10/h4-7,14H,3,8-9H2,1-2H3. The largest absolute Gasteiger partial charge is 0.508 e. The fraction of sp³-hybridized carbons (Fsp3) is 0.417. The average molecular weight is 223 g/mol. The van der Waals surface area contributed by atoms with Gasteiger partial charge in [0.05, 0.1) is 0 Å². The molecule has 0 bridgehead atoms. The minimum Gasteiger partial charge on any atom is -0.508 e. The summed E-state index contributed by atoms with van der Waals surface area (Å²) in [4.78, 5) is 13.1. The van der Waals surface area contributed by atoms with E-state index in [2.05, 4.69) is 0 Å². The molecule has 0 aromatic heterocycles. The van der Waals surface area contributed by atoms with Crippen molar-refractivity contribution < 1.29 is 14.6 Å². The molecule has 0 aliphatic carbocycles. The van der Waals surface area contributed by atoms with E-state index in [9.17, 15) is 9.90 Å². The van der Waals surface area contributed by atoms with E-state index in [4.69, 9.17) is 4.74 Å². The molecule has 1 N–H and O–H groups in total. The molecule has 16 heavy (non-hydrogen) atoms. The third-order valence-electron chi connectivity index (χ3n) is 2.19. The molecule has 4 heteroatoms. The molecule has 1 aromatic rings. The number of ether oxygens (including phenoxy) is 1. The van der Waals surface area contributed by atoms with Crippen LogP contribution in [-0.4, -0.2) is 36.2 Å². The topological polar surface area (TPSA) is 49.8 Å². The molecule has 88 valence electrons. The second-order valence-corrected chi connectivity index (χ2v) is 3.56. The number of benzene rings is 1. The first-order valence-corrected chi connectivity index (χ1v) is 5.23. The Morgan fingerprint density at radius 1 is 1.50 bits per heavy atom. The minimum absolute atomic E-state index is 0.0646. The monoisotopic (exact) mass is 223 g/mol. The van der Waals surface area contributed by atoms with Crippen LogP contribution in [0.3, 0.4) is 0 Å². The molecule has 0 unspecified atom stereocenters. The maximum Gasteiger partial charge on any atom is 0.248 e. The zero-order valence-electron chi connectivity index (χ0n) is 9.64. The quantitative estimate of drug-likeness (QED) is 0.820. The van der Waals surface area contributed by atoms with Gasteiger partial charge in [0.2, 0.25) is 5.91 Å². The molecule has 0 spiro atoms. The molecule has 0 heterocycles. The van der Waals surface area contributed by atoms with Crippen LogP contribution < -0.4 is 0 Å². The van der Waals surface area contributed by atoms with Gasteiger partial charge in [-0.05, 0) is 24.6 Å². The normalized spacial score (nSPS) is 10.1. The molecular weight excluding hydrogens is 206 g/mol. The van der Waals surface area contributed by atoms with Gasteiger partial charge in [0.1, 0.15) is 12.4 Å². The predicted octanol–water partition coefficient (Wildman–Crippen LogP) is 1.39. The number of phenolic OH excluding ortho intramolecular Hbond substituents is 1. The molecule has 0 aliphatic heterocycles. The SMILES string of the molecule is CCOCC(=O)N(C)Cc1cccc(O)c1. The summed E-state index contributed by atoms with van der Waals surface area (Å²) in [6, 6.07) is 6.87. The highest BCUT2D eigenvalue weighted by Gasteiger charge is 2.08. The molecule has 0 radical (unpaired) electrons. The number of rotatable bonds is 5. The predicted molar refractivity (Wildman–Crippen MR) is 61.1 cm³/mol. The third-order valence-corrected chi connectivity index (χ3v) is 2.19. The van der Waals surface area contributed by atoms with Crippen molar-refractivity contribution in [3.05, 3.63) is 29.8 Å². The van der Waals surface area contributed by atoms with Gasteiger partial charge in [-0.1, -0.05) is 12.1 Å². The van der Waals surface area contributed by atoms with Crippen LogP contribution in [0.5, 0.6) is 5.75 Å². The Labute approximate surface area is 95.5 Å². The Balaban J connectivity index is 2.50. The number of aromatic hydroxyl groups is 1. The fourth-order valence-electron chi connectivity index (χ4n) is 1.32. The average Bonchev–Trinajstić information content (AvgIpc) is 2.25. The minimum atomic E-state index is -0.0646. The van der Waals surface area contributed by atoms with Crippen LogP contribution in [0.4, 0.5) is 0 Å². The summed E-state index contributed by atoms with van der Waals surface area (Å²) in [6.45, 7) is 2.96. The van der Waals surface area contributed by atoms with Crippen LogP contribution >= 0.6 is 0 Å². The van der Waals surface area contributed by atoms with Gasteiger partial charge in [-0.3, -0.25) is 4.79 Å². The van der Waals surface area contributed by atoms with Crippen molar-refractivity contribution in [1.82, 2.24) is 4.90 Å². The van der Waals surface area contributed by atoms with Crippen molar-refractivity contribution in [2.24, 2.45) is 0 Å². The summed E-state index contributed by atoms with van der Waals surface area (Å²) in [5.74, 6) is 0.147. The summed E-state index contributed by atoms with van der Waals surface area (Å²) in [5, 5.41) is 9.28. The zero-order chi connectivity index (χ0) is 12.0. The molecule has 1 rings (SSSR count). The van der Waals surface area contributed by atoms with Gasteiger partial charge in [-0.15, -0.1) is 0 Å². The number of likely N-dealkylation sites (N-methyl/N-ethyl adjacent to an activating group) is 1. The van der Waals surface area contributed by atoms with Crippen LogP contribution in [0, 0.1) is 0 Å². The molecule has 0 aliphatic rings. The van der Waals surface area contributed by atoms with Gasteiger partial charge in [0.25, 0.3) is 0 Å². The number of carbonyl (C=O) groups is 1. The van der Waals surface area contributed by atoms with Crippen molar-refractivity contribution in [2.75, 3.05) is 20.3 Å². The second kappa shape index (κ2) is 6.12. The van der Waals surface area contributed by atoms with Gasteiger partial charge >= 0.3 is 0 Å². The fourth-order valence-corrected chi connectivity index (χ4v) is 1.32.